The monoisotopic (exact) mass is 281 g/mol. The van der Waals surface area contributed by atoms with E-state index in [0.717, 1.165) is 43.1 Å². The zero-order chi connectivity index (χ0) is 13.1. The molecule has 0 radical (unpaired) electrons. The minimum absolute atomic E-state index is 0.0772. The Morgan fingerprint density at radius 3 is 2.74 bits per heavy atom. The number of halogens is 1. The summed E-state index contributed by atoms with van der Waals surface area (Å²) >= 11 is 1.69. The van der Waals surface area contributed by atoms with Gasteiger partial charge >= 0.3 is 0 Å². The number of nitrogens with one attached hydrogen (secondary N) is 1. The van der Waals surface area contributed by atoms with Crippen LogP contribution in [0.2, 0.25) is 0 Å². The van der Waals surface area contributed by atoms with Crippen molar-refractivity contribution in [2.45, 2.75) is 48.4 Å². The lowest BCUT2D eigenvalue weighted by molar-refractivity contribution is 0.1000. The smallest absolute Gasteiger partial charge is 0.137 e. The van der Waals surface area contributed by atoms with E-state index >= 15 is 0 Å². The lowest BCUT2D eigenvalue weighted by atomic mass is 10.2. The van der Waals surface area contributed by atoms with Gasteiger partial charge in [-0.2, -0.15) is 0 Å². The molecule has 1 heterocycles. The molecule has 104 valence electrons. The molecule has 0 spiro atoms. The second kappa shape index (κ2) is 6.25. The zero-order valence-electron chi connectivity index (χ0n) is 11.0. The molecular formula is C15H20FNOS. The summed E-state index contributed by atoms with van der Waals surface area (Å²) in [6.07, 6.45) is 4.57. The minimum atomic E-state index is -0.0772. The van der Waals surface area contributed by atoms with Gasteiger partial charge in [0.25, 0.3) is 0 Å². The number of ether oxygens (including phenoxy) is 1. The molecule has 1 aliphatic heterocycles. The SMILES string of the molecule is Fc1cccc(CNC2CC2)c1SC1CCOCC1. The van der Waals surface area contributed by atoms with E-state index in [4.69, 9.17) is 4.74 Å². The van der Waals surface area contributed by atoms with Gasteiger partial charge in [0, 0.05) is 35.9 Å². The van der Waals surface area contributed by atoms with Crippen LogP contribution in [0, 0.1) is 5.82 Å². The lowest BCUT2D eigenvalue weighted by Crippen LogP contribution is -2.19. The molecule has 2 aliphatic rings. The minimum Gasteiger partial charge on any atom is -0.381 e. The van der Waals surface area contributed by atoms with Gasteiger partial charge in [0.2, 0.25) is 0 Å². The van der Waals surface area contributed by atoms with E-state index in [9.17, 15) is 4.39 Å². The predicted octanol–water partition coefficient (Wildman–Crippen LogP) is 3.35. The molecule has 0 atom stereocenters. The Hall–Kier alpha value is -0.580. The molecule has 2 nitrogen and oxygen atoms in total. The molecule has 0 aromatic heterocycles. The first kappa shape index (κ1) is 13.4. The molecule has 0 bridgehead atoms. The number of hydrogen-bond acceptors (Lipinski definition) is 3. The van der Waals surface area contributed by atoms with E-state index in [-0.39, 0.29) is 5.82 Å². The van der Waals surface area contributed by atoms with Crippen molar-refractivity contribution in [1.29, 1.82) is 0 Å². The molecule has 1 saturated heterocycles. The van der Waals surface area contributed by atoms with Crippen molar-refractivity contribution in [3.63, 3.8) is 0 Å². The van der Waals surface area contributed by atoms with Crippen LogP contribution >= 0.6 is 11.8 Å². The highest BCUT2D eigenvalue weighted by molar-refractivity contribution is 8.00. The van der Waals surface area contributed by atoms with Gasteiger partial charge in [0.15, 0.2) is 0 Å². The number of benzene rings is 1. The first-order valence-electron chi connectivity index (χ1n) is 7.08. The van der Waals surface area contributed by atoms with E-state index in [1.807, 2.05) is 12.1 Å². The Morgan fingerprint density at radius 2 is 2.00 bits per heavy atom. The second-order valence-corrected chi connectivity index (χ2v) is 6.62. The second-order valence-electron chi connectivity index (χ2n) is 5.31. The van der Waals surface area contributed by atoms with Crippen molar-refractivity contribution in [3.8, 4) is 0 Å². The number of rotatable bonds is 5. The van der Waals surface area contributed by atoms with Gasteiger partial charge in [0.1, 0.15) is 5.82 Å². The highest BCUT2D eigenvalue weighted by Gasteiger charge is 2.22. The third-order valence-corrected chi connectivity index (χ3v) is 5.16. The number of hydrogen-bond donors (Lipinski definition) is 1. The number of thioether (sulfide) groups is 1. The van der Waals surface area contributed by atoms with Crippen LogP contribution in [0.4, 0.5) is 4.39 Å². The Balaban J connectivity index is 1.69. The summed E-state index contributed by atoms with van der Waals surface area (Å²) in [5.74, 6) is -0.0772. The van der Waals surface area contributed by atoms with Crippen LogP contribution in [0.15, 0.2) is 23.1 Å². The van der Waals surface area contributed by atoms with Gasteiger partial charge in [0.05, 0.1) is 0 Å². The molecule has 1 aromatic rings. The summed E-state index contributed by atoms with van der Waals surface area (Å²) in [5, 5.41) is 3.96. The first-order chi connectivity index (χ1) is 9.33. The standard InChI is InChI=1S/C15H20FNOS/c16-14-3-1-2-11(10-17-12-4-5-12)15(14)19-13-6-8-18-9-7-13/h1-3,12-13,17H,4-10H2. The fourth-order valence-electron chi connectivity index (χ4n) is 2.33. The Morgan fingerprint density at radius 1 is 1.21 bits per heavy atom. The van der Waals surface area contributed by atoms with Crippen LogP contribution in [0.3, 0.4) is 0 Å². The molecule has 3 rings (SSSR count). The van der Waals surface area contributed by atoms with Gasteiger partial charge in [-0.25, -0.2) is 4.39 Å². The van der Waals surface area contributed by atoms with E-state index in [0.29, 0.717) is 11.3 Å². The van der Waals surface area contributed by atoms with Crippen LogP contribution in [0.1, 0.15) is 31.2 Å². The molecule has 19 heavy (non-hydrogen) atoms. The van der Waals surface area contributed by atoms with Gasteiger partial charge in [-0.1, -0.05) is 12.1 Å². The summed E-state index contributed by atoms with van der Waals surface area (Å²) in [7, 11) is 0. The topological polar surface area (TPSA) is 21.3 Å². The summed E-state index contributed by atoms with van der Waals surface area (Å²) in [4.78, 5) is 0.836. The van der Waals surface area contributed by atoms with Crippen molar-refractivity contribution in [1.82, 2.24) is 5.32 Å². The van der Waals surface area contributed by atoms with Crippen LogP contribution in [-0.2, 0) is 11.3 Å². The molecule has 1 N–H and O–H groups in total. The van der Waals surface area contributed by atoms with Crippen molar-refractivity contribution >= 4 is 11.8 Å². The van der Waals surface area contributed by atoms with Crippen molar-refractivity contribution in [3.05, 3.63) is 29.6 Å². The van der Waals surface area contributed by atoms with E-state index in [1.54, 1.807) is 17.8 Å². The van der Waals surface area contributed by atoms with Crippen LogP contribution in [-0.4, -0.2) is 24.5 Å². The van der Waals surface area contributed by atoms with Crippen LogP contribution in [0.25, 0.3) is 0 Å². The van der Waals surface area contributed by atoms with E-state index in [1.165, 1.54) is 12.8 Å². The predicted molar refractivity (Wildman–Crippen MR) is 76.0 cm³/mol. The highest BCUT2D eigenvalue weighted by Crippen LogP contribution is 2.34. The van der Waals surface area contributed by atoms with Gasteiger partial charge in [-0.3, -0.25) is 0 Å². The normalized spacial score (nSPS) is 20.7. The molecule has 0 amide bonds. The third kappa shape index (κ3) is 3.71. The molecule has 1 aliphatic carbocycles. The average Bonchev–Trinajstić information content (AvgIpc) is 3.25. The summed E-state index contributed by atoms with van der Waals surface area (Å²) in [6, 6.07) is 6.08. The van der Waals surface area contributed by atoms with E-state index in [2.05, 4.69) is 5.32 Å². The zero-order valence-corrected chi connectivity index (χ0v) is 11.8. The van der Waals surface area contributed by atoms with Gasteiger partial charge in [-0.05, 0) is 37.3 Å². The first-order valence-corrected chi connectivity index (χ1v) is 7.96. The van der Waals surface area contributed by atoms with Crippen LogP contribution < -0.4 is 5.32 Å². The van der Waals surface area contributed by atoms with Gasteiger partial charge < -0.3 is 10.1 Å². The summed E-state index contributed by atoms with van der Waals surface area (Å²) in [5.41, 5.74) is 1.10. The van der Waals surface area contributed by atoms with Crippen LogP contribution in [0.5, 0.6) is 0 Å². The fourth-order valence-corrected chi connectivity index (χ4v) is 3.56. The summed E-state index contributed by atoms with van der Waals surface area (Å²) < 4.78 is 19.4. The molecule has 1 aromatic carbocycles. The Labute approximate surface area is 118 Å². The van der Waals surface area contributed by atoms with Crippen molar-refractivity contribution in [2.24, 2.45) is 0 Å². The Bertz CT molecular complexity index is 430. The quantitative estimate of drug-likeness (QED) is 0.894. The highest BCUT2D eigenvalue weighted by atomic mass is 32.2. The molecule has 4 heteroatoms. The summed E-state index contributed by atoms with van der Waals surface area (Å²) in [6.45, 7) is 2.40. The average molecular weight is 281 g/mol. The molecule has 1 saturated carbocycles. The molecule has 2 fully saturated rings. The molecule has 0 unspecified atom stereocenters. The Kier molecular flexibility index (Phi) is 4.41. The van der Waals surface area contributed by atoms with Crippen molar-refractivity contribution in [2.75, 3.05) is 13.2 Å². The van der Waals surface area contributed by atoms with Crippen molar-refractivity contribution < 1.29 is 9.13 Å². The third-order valence-electron chi connectivity index (χ3n) is 3.66. The lowest BCUT2D eigenvalue weighted by Gasteiger charge is -2.23. The van der Waals surface area contributed by atoms with Gasteiger partial charge in [-0.15, -0.1) is 11.8 Å². The molecular weight excluding hydrogens is 261 g/mol. The maximum Gasteiger partial charge on any atom is 0.137 e. The fraction of sp³-hybridized carbons (Fsp3) is 0.600. The maximum absolute atomic E-state index is 14.1. The largest absolute Gasteiger partial charge is 0.381 e. The maximum atomic E-state index is 14.1. The van der Waals surface area contributed by atoms with E-state index < -0.39 is 0 Å².